The van der Waals surface area contributed by atoms with Crippen LogP contribution in [-0.4, -0.2) is 24.6 Å². The van der Waals surface area contributed by atoms with Gasteiger partial charge in [0.15, 0.2) is 0 Å². The van der Waals surface area contributed by atoms with Gasteiger partial charge in [-0.1, -0.05) is 11.6 Å². The van der Waals surface area contributed by atoms with Crippen LogP contribution in [0.5, 0.6) is 0 Å². The number of anilines is 1. The molecule has 0 amide bonds. The summed E-state index contributed by atoms with van der Waals surface area (Å²) in [5, 5.41) is 3.64. The van der Waals surface area contributed by atoms with E-state index in [1.165, 1.54) is 18.5 Å². The number of aryl methyl sites for hydroxylation is 1. The van der Waals surface area contributed by atoms with E-state index in [-0.39, 0.29) is 9.90 Å². The SMILES string of the molecule is Cc1cc(S(=O)(=O)Nc2cnn(CC(F)F)c2)sc1Cl. The smallest absolute Gasteiger partial charge is 0.271 e. The molecule has 2 heterocycles. The minimum absolute atomic E-state index is 0.0570. The van der Waals surface area contributed by atoms with Crippen molar-refractivity contribution in [3.05, 3.63) is 28.4 Å². The molecule has 2 aromatic heterocycles. The number of hydrogen-bond donors (Lipinski definition) is 1. The third-order valence-electron chi connectivity index (χ3n) is 2.31. The monoisotopic (exact) mass is 341 g/mol. The normalized spacial score (nSPS) is 12.1. The van der Waals surface area contributed by atoms with E-state index in [1.54, 1.807) is 6.92 Å². The minimum atomic E-state index is -3.79. The van der Waals surface area contributed by atoms with E-state index in [2.05, 4.69) is 9.82 Å². The number of rotatable bonds is 5. The van der Waals surface area contributed by atoms with Crippen LogP contribution in [0.15, 0.2) is 22.7 Å². The van der Waals surface area contributed by atoms with Gasteiger partial charge in [-0.05, 0) is 18.6 Å². The van der Waals surface area contributed by atoms with Crippen molar-refractivity contribution in [2.75, 3.05) is 4.72 Å². The van der Waals surface area contributed by atoms with Gasteiger partial charge in [0.2, 0.25) is 0 Å². The number of halogens is 3. The molecule has 0 saturated carbocycles. The zero-order valence-corrected chi connectivity index (χ0v) is 12.6. The van der Waals surface area contributed by atoms with Gasteiger partial charge in [0.05, 0.1) is 16.2 Å². The largest absolute Gasteiger partial charge is 0.276 e. The Morgan fingerprint density at radius 2 is 2.25 bits per heavy atom. The van der Waals surface area contributed by atoms with Gasteiger partial charge in [-0.2, -0.15) is 5.10 Å². The molecular formula is C10H10ClF2N3O2S2. The van der Waals surface area contributed by atoms with Crippen LogP contribution >= 0.6 is 22.9 Å². The van der Waals surface area contributed by atoms with Gasteiger partial charge < -0.3 is 0 Å². The summed E-state index contributed by atoms with van der Waals surface area (Å²) in [6.07, 6.45) is -0.188. The van der Waals surface area contributed by atoms with Gasteiger partial charge in [0.25, 0.3) is 16.4 Å². The molecule has 0 fully saturated rings. The molecule has 1 N–H and O–H groups in total. The molecule has 0 spiro atoms. The van der Waals surface area contributed by atoms with Crippen LogP contribution in [0.2, 0.25) is 4.34 Å². The van der Waals surface area contributed by atoms with E-state index in [4.69, 9.17) is 11.6 Å². The molecule has 110 valence electrons. The summed E-state index contributed by atoms with van der Waals surface area (Å²) < 4.78 is 52.1. The molecule has 0 aliphatic rings. The number of nitrogens with one attached hydrogen (secondary N) is 1. The van der Waals surface area contributed by atoms with Gasteiger partial charge in [0, 0.05) is 6.20 Å². The predicted octanol–water partition coefficient (Wildman–Crippen LogP) is 2.97. The third kappa shape index (κ3) is 3.47. The summed E-state index contributed by atoms with van der Waals surface area (Å²) in [7, 11) is -3.79. The number of hydrogen-bond acceptors (Lipinski definition) is 4. The molecule has 2 aromatic rings. The molecule has 0 atom stereocenters. The lowest BCUT2D eigenvalue weighted by Crippen LogP contribution is -2.11. The molecular weight excluding hydrogens is 332 g/mol. The van der Waals surface area contributed by atoms with E-state index >= 15 is 0 Å². The first-order valence-corrected chi connectivity index (χ1v) is 8.05. The highest BCUT2D eigenvalue weighted by Crippen LogP contribution is 2.31. The summed E-state index contributed by atoms with van der Waals surface area (Å²) in [6.45, 7) is 1.10. The van der Waals surface area contributed by atoms with Crippen molar-refractivity contribution < 1.29 is 17.2 Å². The highest BCUT2D eigenvalue weighted by molar-refractivity contribution is 7.94. The van der Waals surface area contributed by atoms with Crippen molar-refractivity contribution in [1.82, 2.24) is 9.78 Å². The molecule has 0 aromatic carbocycles. The maximum absolute atomic E-state index is 12.2. The topological polar surface area (TPSA) is 64.0 Å². The molecule has 0 aliphatic carbocycles. The Morgan fingerprint density at radius 1 is 1.55 bits per heavy atom. The van der Waals surface area contributed by atoms with Gasteiger partial charge in [0.1, 0.15) is 10.8 Å². The maximum atomic E-state index is 12.2. The van der Waals surface area contributed by atoms with Crippen molar-refractivity contribution >= 4 is 38.6 Å². The molecule has 5 nitrogen and oxygen atoms in total. The Balaban J connectivity index is 2.18. The first kappa shape index (κ1) is 15.2. The summed E-state index contributed by atoms with van der Waals surface area (Å²) in [4.78, 5) is 0. The van der Waals surface area contributed by atoms with E-state index < -0.39 is 23.0 Å². The number of alkyl halides is 2. The van der Waals surface area contributed by atoms with Crippen LogP contribution < -0.4 is 4.72 Å². The van der Waals surface area contributed by atoms with Crippen molar-refractivity contribution in [1.29, 1.82) is 0 Å². The van der Waals surface area contributed by atoms with E-state index in [0.29, 0.717) is 9.90 Å². The average molecular weight is 342 g/mol. The van der Waals surface area contributed by atoms with Crippen molar-refractivity contribution in [2.45, 2.75) is 24.1 Å². The predicted molar refractivity (Wildman–Crippen MR) is 73.1 cm³/mol. The molecule has 0 unspecified atom stereocenters. The molecule has 0 aliphatic heterocycles. The summed E-state index contributed by atoms with van der Waals surface area (Å²) >= 11 is 6.75. The number of aromatic nitrogens is 2. The van der Waals surface area contributed by atoms with Crippen LogP contribution in [0.4, 0.5) is 14.5 Å². The fourth-order valence-corrected chi connectivity index (χ4v) is 4.16. The first-order valence-electron chi connectivity index (χ1n) is 5.37. The Hall–Kier alpha value is -1.19. The van der Waals surface area contributed by atoms with Gasteiger partial charge >= 0.3 is 0 Å². The number of nitrogens with zero attached hydrogens (tertiary/aromatic N) is 2. The number of thiophene rings is 1. The van der Waals surface area contributed by atoms with Crippen molar-refractivity contribution in [3.8, 4) is 0 Å². The summed E-state index contributed by atoms with van der Waals surface area (Å²) in [5.74, 6) is 0. The molecule has 0 bridgehead atoms. The van der Waals surface area contributed by atoms with Gasteiger partial charge in [-0.3, -0.25) is 9.40 Å². The second kappa shape index (κ2) is 5.66. The van der Waals surface area contributed by atoms with E-state index in [9.17, 15) is 17.2 Å². The highest BCUT2D eigenvalue weighted by Gasteiger charge is 2.19. The van der Waals surface area contributed by atoms with Crippen LogP contribution in [0, 0.1) is 6.92 Å². The van der Waals surface area contributed by atoms with Gasteiger partial charge in [-0.15, -0.1) is 11.3 Å². The van der Waals surface area contributed by atoms with E-state index in [0.717, 1.165) is 16.0 Å². The van der Waals surface area contributed by atoms with E-state index in [1.807, 2.05) is 0 Å². The zero-order valence-electron chi connectivity index (χ0n) is 10.2. The fraction of sp³-hybridized carbons (Fsp3) is 0.300. The Labute approximate surface area is 123 Å². The second-order valence-corrected chi connectivity index (χ2v) is 7.53. The highest BCUT2D eigenvalue weighted by atomic mass is 35.5. The molecule has 0 saturated heterocycles. The lowest BCUT2D eigenvalue weighted by molar-refractivity contribution is 0.122. The molecule has 20 heavy (non-hydrogen) atoms. The lowest BCUT2D eigenvalue weighted by Gasteiger charge is -2.02. The van der Waals surface area contributed by atoms with Crippen LogP contribution in [0.1, 0.15) is 5.56 Å². The van der Waals surface area contributed by atoms with Crippen molar-refractivity contribution in [3.63, 3.8) is 0 Å². The Kier molecular flexibility index (Phi) is 4.31. The Bertz CT molecular complexity index is 692. The lowest BCUT2D eigenvalue weighted by atomic mass is 10.4. The standard InChI is InChI=1S/C10H10ClF2N3O2S2/c1-6-2-9(19-10(6)11)20(17,18)15-7-3-14-16(4-7)5-8(12)13/h2-4,8,15H,5H2,1H3. The number of sulfonamides is 1. The summed E-state index contributed by atoms with van der Waals surface area (Å²) in [5.41, 5.74) is 0.776. The van der Waals surface area contributed by atoms with Crippen molar-refractivity contribution in [2.24, 2.45) is 0 Å². The zero-order chi connectivity index (χ0) is 14.9. The fourth-order valence-electron chi connectivity index (χ4n) is 1.43. The Morgan fingerprint density at radius 3 is 2.80 bits per heavy atom. The van der Waals surface area contributed by atoms with Crippen LogP contribution in [-0.2, 0) is 16.6 Å². The first-order chi connectivity index (χ1) is 9.28. The minimum Gasteiger partial charge on any atom is -0.276 e. The maximum Gasteiger partial charge on any atom is 0.271 e. The molecule has 2 rings (SSSR count). The van der Waals surface area contributed by atoms with Gasteiger partial charge in [-0.25, -0.2) is 17.2 Å². The quantitative estimate of drug-likeness (QED) is 0.909. The second-order valence-electron chi connectivity index (χ2n) is 3.97. The average Bonchev–Trinajstić information content (AvgIpc) is 2.86. The third-order valence-corrected chi connectivity index (χ3v) is 5.72. The van der Waals surface area contributed by atoms with Crippen LogP contribution in [0.3, 0.4) is 0 Å². The molecule has 10 heteroatoms. The van der Waals surface area contributed by atoms with Crippen LogP contribution in [0.25, 0.3) is 0 Å². The molecule has 0 radical (unpaired) electrons. The summed E-state index contributed by atoms with van der Waals surface area (Å²) in [6, 6.07) is 1.44.